The van der Waals surface area contributed by atoms with Gasteiger partial charge in [-0.05, 0) is 69.9 Å². The third-order valence-electron chi connectivity index (χ3n) is 5.63. The maximum atomic E-state index is 14.3. The Balaban J connectivity index is 1.85. The molecule has 0 spiro atoms. The molecule has 0 aliphatic carbocycles. The molecule has 1 heterocycles. The van der Waals surface area contributed by atoms with Crippen molar-refractivity contribution in [3.8, 4) is 11.1 Å². The van der Waals surface area contributed by atoms with Gasteiger partial charge >= 0.3 is 18.0 Å². The molecule has 2 aromatic rings. The van der Waals surface area contributed by atoms with Gasteiger partial charge in [-0.15, -0.1) is 0 Å². The van der Waals surface area contributed by atoms with Gasteiger partial charge in [-0.3, -0.25) is 9.59 Å². The second-order valence-corrected chi connectivity index (χ2v) is 11.0. The molecule has 1 saturated heterocycles. The van der Waals surface area contributed by atoms with Crippen molar-refractivity contribution >= 4 is 29.6 Å². The normalized spacial score (nSPS) is 17.6. The van der Waals surface area contributed by atoms with Crippen LogP contribution in [0.3, 0.4) is 0 Å². The topological polar surface area (TPSA) is 90.9 Å². The Morgan fingerprint density at radius 2 is 1.64 bits per heavy atom. The predicted molar refractivity (Wildman–Crippen MR) is 133 cm³/mol. The van der Waals surface area contributed by atoms with E-state index in [0.29, 0.717) is 16.1 Å². The number of carbonyl (C=O) groups is 3. The van der Waals surface area contributed by atoms with Crippen LogP contribution in [-0.2, 0) is 30.2 Å². The smallest absolute Gasteiger partial charge is 0.407 e. The molecule has 0 aromatic heterocycles. The molecule has 3 rings (SSSR count). The van der Waals surface area contributed by atoms with E-state index in [1.54, 1.807) is 51.1 Å². The van der Waals surface area contributed by atoms with Crippen molar-refractivity contribution < 1.29 is 33.0 Å². The summed E-state index contributed by atoms with van der Waals surface area (Å²) in [5.41, 5.74) is -0.597. The van der Waals surface area contributed by atoms with Crippen LogP contribution in [0.25, 0.3) is 11.1 Å². The maximum absolute atomic E-state index is 14.3. The molecule has 0 saturated carbocycles. The number of esters is 2. The van der Waals surface area contributed by atoms with Gasteiger partial charge in [0.1, 0.15) is 11.4 Å². The van der Waals surface area contributed by atoms with Crippen molar-refractivity contribution in [2.24, 2.45) is 5.41 Å². The van der Waals surface area contributed by atoms with Crippen LogP contribution in [0.4, 0.5) is 9.18 Å². The van der Waals surface area contributed by atoms with E-state index >= 15 is 0 Å². The molecule has 1 aliphatic rings. The van der Waals surface area contributed by atoms with Crippen molar-refractivity contribution in [3.05, 3.63) is 58.9 Å². The van der Waals surface area contributed by atoms with Gasteiger partial charge in [-0.1, -0.05) is 35.9 Å². The fourth-order valence-corrected chi connectivity index (χ4v) is 4.08. The van der Waals surface area contributed by atoms with E-state index in [1.807, 2.05) is 0 Å². The number of amides is 1. The molecule has 9 heteroatoms. The molecule has 7 nitrogen and oxygen atoms in total. The number of nitrogens with one attached hydrogen (secondary N) is 1. The van der Waals surface area contributed by atoms with Gasteiger partial charge < -0.3 is 19.5 Å². The van der Waals surface area contributed by atoms with E-state index in [2.05, 4.69) is 5.32 Å². The van der Waals surface area contributed by atoms with Crippen molar-refractivity contribution in [3.63, 3.8) is 0 Å². The molecule has 1 aliphatic heterocycles. The lowest BCUT2D eigenvalue weighted by Crippen LogP contribution is -2.55. The number of hydrogen-bond acceptors (Lipinski definition) is 6. The highest BCUT2D eigenvalue weighted by Gasteiger charge is 2.54. The molecule has 1 amide bonds. The van der Waals surface area contributed by atoms with Crippen LogP contribution in [-0.4, -0.2) is 35.5 Å². The Kier molecular flexibility index (Phi) is 7.69. The zero-order valence-electron chi connectivity index (χ0n) is 21.2. The lowest BCUT2D eigenvalue weighted by Gasteiger charge is -2.39. The zero-order chi connectivity index (χ0) is 26.9. The van der Waals surface area contributed by atoms with Gasteiger partial charge in [0, 0.05) is 30.5 Å². The lowest BCUT2D eigenvalue weighted by atomic mass is 9.81. The van der Waals surface area contributed by atoms with E-state index in [-0.39, 0.29) is 12.8 Å². The fourth-order valence-electron chi connectivity index (χ4n) is 3.91. The first-order valence-electron chi connectivity index (χ1n) is 11.6. The van der Waals surface area contributed by atoms with Crippen LogP contribution in [0.15, 0.2) is 42.5 Å². The van der Waals surface area contributed by atoms with Gasteiger partial charge in [0.05, 0.1) is 0 Å². The standard InChI is InChI=1S/C27H31ClFNO6/c1-25(2,3)36-24(33)30-19(15-27(6)22(31)34-26(4,5)35-23(27)32)13-16-7-9-17(10-8-16)20-14-18(28)11-12-21(20)29/h7-12,14,19H,13,15H2,1-6H3,(H,30,33). The summed E-state index contributed by atoms with van der Waals surface area (Å²) < 4.78 is 30.3. The minimum absolute atomic E-state index is 0.0787. The quantitative estimate of drug-likeness (QED) is 0.382. The number of alkyl carbamates (subject to hydrolysis) is 1. The summed E-state index contributed by atoms with van der Waals surface area (Å²) >= 11 is 6.01. The first-order valence-corrected chi connectivity index (χ1v) is 12.0. The van der Waals surface area contributed by atoms with Crippen molar-refractivity contribution in [2.75, 3.05) is 0 Å². The number of benzene rings is 2. The van der Waals surface area contributed by atoms with Crippen LogP contribution < -0.4 is 5.32 Å². The highest BCUT2D eigenvalue weighted by Crippen LogP contribution is 2.36. The minimum atomic E-state index is -1.63. The van der Waals surface area contributed by atoms with Gasteiger partial charge in [-0.25, -0.2) is 9.18 Å². The van der Waals surface area contributed by atoms with Gasteiger partial charge in [0.25, 0.3) is 5.79 Å². The molecule has 1 unspecified atom stereocenters. The van der Waals surface area contributed by atoms with E-state index in [9.17, 15) is 18.8 Å². The zero-order valence-corrected chi connectivity index (χ0v) is 22.0. The summed E-state index contributed by atoms with van der Waals surface area (Å²) in [5, 5.41) is 3.18. The molecule has 36 heavy (non-hydrogen) atoms. The lowest BCUT2D eigenvalue weighted by molar-refractivity contribution is -0.250. The molecule has 0 bridgehead atoms. The number of carbonyl (C=O) groups excluding carboxylic acids is 3. The van der Waals surface area contributed by atoms with Gasteiger partial charge in [-0.2, -0.15) is 0 Å². The van der Waals surface area contributed by atoms with Crippen LogP contribution in [0.5, 0.6) is 0 Å². The van der Waals surface area contributed by atoms with Gasteiger partial charge in [0.15, 0.2) is 5.41 Å². The van der Waals surface area contributed by atoms with Gasteiger partial charge in [0.2, 0.25) is 0 Å². The second kappa shape index (κ2) is 10.1. The second-order valence-electron chi connectivity index (χ2n) is 10.6. The maximum Gasteiger partial charge on any atom is 0.407 e. The highest BCUT2D eigenvalue weighted by molar-refractivity contribution is 6.30. The molecule has 1 N–H and O–H groups in total. The van der Waals surface area contributed by atoms with Crippen molar-refractivity contribution in [2.45, 2.75) is 71.8 Å². The minimum Gasteiger partial charge on any atom is -0.444 e. The summed E-state index contributed by atoms with van der Waals surface area (Å²) in [7, 11) is 0. The average Bonchev–Trinajstić information content (AvgIpc) is 2.73. The average molecular weight is 520 g/mol. The summed E-state index contributed by atoms with van der Waals surface area (Å²) in [5.74, 6) is -3.23. The number of rotatable bonds is 6. The number of cyclic esters (lactones) is 2. The predicted octanol–water partition coefficient (Wildman–Crippen LogP) is 5.81. The third kappa shape index (κ3) is 6.75. The molecule has 0 radical (unpaired) electrons. The van der Waals surface area contributed by atoms with E-state index < -0.39 is 46.7 Å². The van der Waals surface area contributed by atoms with Crippen molar-refractivity contribution in [1.82, 2.24) is 5.32 Å². The van der Waals surface area contributed by atoms with E-state index in [0.717, 1.165) is 5.56 Å². The Morgan fingerprint density at radius 1 is 1.06 bits per heavy atom. The fraction of sp³-hybridized carbons (Fsp3) is 0.444. The van der Waals surface area contributed by atoms with Crippen LogP contribution in [0.2, 0.25) is 5.02 Å². The van der Waals surface area contributed by atoms with E-state index in [1.165, 1.54) is 32.9 Å². The third-order valence-corrected chi connectivity index (χ3v) is 5.86. The summed E-state index contributed by atoms with van der Waals surface area (Å²) in [6.45, 7) is 9.57. The highest BCUT2D eigenvalue weighted by atomic mass is 35.5. The van der Waals surface area contributed by atoms with Crippen LogP contribution in [0, 0.1) is 11.2 Å². The Labute approximate surface area is 215 Å². The van der Waals surface area contributed by atoms with E-state index in [4.69, 9.17) is 25.8 Å². The van der Waals surface area contributed by atoms with Crippen LogP contribution in [0.1, 0.15) is 53.5 Å². The molecule has 2 aromatic carbocycles. The molecular formula is C27H31ClFNO6. The van der Waals surface area contributed by atoms with Crippen molar-refractivity contribution in [1.29, 1.82) is 0 Å². The Hall–Kier alpha value is -3.13. The summed E-state index contributed by atoms with van der Waals surface area (Å²) in [4.78, 5) is 38.1. The molecule has 1 fully saturated rings. The summed E-state index contributed by atoms with van der Waals surface area (Å²) in [6, 6.07) is 10.7. The first kappa shape index (κ1) is 27.5. The SMILES string of the molecule is CC(C)(C)OC(=O)NC(Cc1ccc(-c2cc(Cl)ccc2F)cc1)CC1(C)C(=O)OC(C)(C)OC1=O. The molecular weight excluding hydrogens is 489 g/mol. The first-order chi connectivity index (χ1) is 16.6. The monoisotopic (exact) mass is 519 g/mol. The van der Waals surface area contributed by atoms with Crippen LogP contribution >= 0.6 is 11.6 Å². The summed E-state index contributed by atoms with van der Waals surface area (Å²) in [6.07, 6.45) is -0.506. The largest absolute Gasteiger partial charge is 0.444 e. The number of halogens is 2. The Morgan fingerprint density at radius 3 is 2.19 bits per heavy atom. The number of hydrogen-bond donors (Lipinski definition) is 1. The molecule has 194 valence electrons. The number of ether oxygens (including phenoxy) is 3. The molecule has 1 atom stereocenters. The Bertz CT molecular complexity index is 1140.